The lowest BCUT2D eigenvalue weighted by atomic mass is 16.0. The third kappa shape index (κ3) is 31.4. The Labute approximate surface area is 32.3 Å². The van der Waals surface area contributed by atoms with Crippen molar-refractivity contribution in [2.45, 2.75) is 0 Å². The molecule has 0 aromatic carbocycles. The van der Waals surface area contributed by atoms with E-state index in [1.54, 1.807) is 0 Å². The Hall–Kier alpha value is 0.380. The second kappa shape index (κ2) is 133. The molecule has 0 aromatic heterocycles. The molecule has 0 fully saturated rings. The molecule has 28 valence electrons. The summed E-state index contributed by atoms with van der Waals surface area (Å²) in [5.41, 5.74) is 0. The van der Waals surface area contributed by atoms with Gasteiger partial charge in [-0.3, -0.25) is 4.70 Å². The SMILES string of the molecule is F.O=S.P. The van der Waals surface area contributed by atoms with Gasteiger partial charge in [-0.25, -0.2) is 0 Å². The minimum absolute atomic E-state index is 0. The average molecular weight is 102 g/mol. The summed E-state index contributed by atoms with van der Waals surface area (Å²) in [4.78, 5) is 0. The van der Waals surface area contributed by atoms with Crippen LogP contribution in [0.15, 0.2) is 0 Å². The largest absolute Gasteiger partial charge is 0.269 e. The van der Waals surface area contributed by atoms with E-state index in [1.165, 1.54) is 0 Å². The molecule has 4 heavy (non-hydrogen) atoms. The standard InChI is InChI=1S/FH.OS.H3P/c;1-2;/h1H;;1H3. The van der Waals surface area contributed by atoms with Gasteiger partial charge in [-0.05, 0) is 0 Å². The molecule has 0 aromatic rings. The third-order valence-electron chi connectivity index (χ3n) is 0. The van der Waals surface area contributed by atoms with Crippen LogP contribution in [0.1, 0.15) is 0 Å². The van der Waals surface area contributed by atoms with Gasteiger partial charge in [0.05, 0.1) is 0 Å². The predicted octanol–water partition coefficient (Wildman–Crippen LogP) is -0.126. The molecular weight excluding hydrogens is 98.0 g/mol. The highest BCUT2D eigenvalue weighted by Crippen LogP contribution is 0.861. The average Bonchev–Trinajstić information content (AvgIpc) is 1.00. The van der Waals surface area contributed by atoms with Gasteiger partial charge in [0.25, 0.3) is 0 Å². The van der Waals surface area contributed by atoms with Crippen LogP contribution >= 0.6 is 9.90 Å². The van der Waals surface area contributed by atoms with Crippen LogP contribution in [-0.2, 0) is 12.5 Å². The summed E-state index contributed by atoms with van der Waals surface area (Å²) in [6.07, 6.45) is 0. The minimum Gasteiger partial charge on any atom is -0.269 e. The van der Waals surface area contributed by atoms with Gasteiger partial charge < -0.3 is 0 Å². The van der Waals surface area contributed by atoms with Crippen LogP contribution in [-0.4, -0.2) is 4.21 Å². The van der Waals surface area contributed by atoms with Crippen molar-refractivity contribution in [2.75, 3.05) is 0 Å². The molecule has 0 saturated carbocycles. The van der Waals surface area contributed by atoms with Crippen LogP contribution in [0, 0.1) is 0 Å². The molecule has 0 aliphatic rings. The highest BCUT2D eigenvalue weighted by Gasteiger charge is 0.734. The summed E-state index contributed by atoms with van der Waals surface area (Å²) in [5.74, 6) is 0. The molecule has 0 aliphatic heterocycles. The maximum atomic E-state index is 7.83. The maximum Gasteiger partial charge on any atom is 0.197 e. The Morgan fingerprint density at radius 3 is 1.25 bits per heavy atom. The molecule has 0 spiro atoms. The zero-order valence-electron chi connectivity index (χ0n) is 1.93. The van der Waals surface area contributed by atoms with Crippen molar-refractivity contribution in [3.8, 4) is 0 Å². The molecule has 1 atom stereocenters. The Bertz CT molecular complexity index is 8.00. The lowest BCUT2D eigenvalue weighted by Crippen LogP contribution is -0.894. The molecule has 1 nitrogen and oxygen atoms in total. The first kappa shape index (κ1) is 26.3. The van der Waals surface area contributed by atoms with E-state index in [9.17, 15) is 0 Å². The van der Waals surface area contributed by atoms with Gasteiger partial charge in [-0.15, -0.1) is 0 Å². The van der Waals surface area contributed by atoms with Crippen molar-refractivity contribution < 1.29 is 8.91 Å². The van der Waals surface area contributed by atoms with Crippen LogP contribution in [0.25, 0.3) is 0 Å². The van der Waals surface area contributed by atoms with Gasteiger partial charge in [-0.2, -0.15) is 14.1 Å². The van der Waals surface area contributed by atoms with Crippen LogP contribution in [0.2, 0.25) is 0 Å². The highest BCUT2D eigenvalue weighted by atomic mass is 32.1. The fraction of sp³-hybridized carbons (Fsp3) is 0. The number of rotatable bonds is 0. The zero-order chi connectivity index (χ0) is 2.00. The summed E-state index contributed by atoms with van der Waals surface area (Å²) >= 11 is 2.83. The Morgan fingerprint density at radius 2 is 1.25 bits per heavy atom. The van der Waals surface area contributed by atoms with Gasteiger partial charge in [0.2, 0.25) is 0 Å². The van der Waals surface area contributed by atoms with Crippen LogP contribution < -0.4 is 0 Å². The second-order valence-electron chi connectivity index (χ2n) is 0. The first-order chi connectivity index (χ1) is 1.00. The molecule has 0 amide bonds. The van der Waals surface area contributed by atoms with Crippen molar-refractivity contribution in [1.82, 2.24) is 0 Å². The summed E-state index contributed by atoms with van der Waals surface area (Å²) in [6.45, 7) is 0. The molecule has 4 heteroatoms. The molecular formula is H4FOPS. The summed E-state index contributed by atoms with van der Waals surface area (Å²) in [6, 6.07) is 0. The minimum atomic E-state index is 0. The fourth-order valence-electron chi connectivity index (χ4n) is 0. The van der Waals surface area contributed by atoms with Crippen molar-refractivity contribution in [3.63, 3.8) is 0 Å². The number of halogens is 1. The van der Waals surface area contributed by atoms with Crippen LogP contribution in [0.4, 0.5) is 4.70 Å². The Kier molecular flexibility index (Phi) is 871. The van der Waals surface area contributed by atoms with Gasteiger partial charge >= 0.3 is 0 Å². The lowest BCUT2D eigenvalue weighted by Gasteiger charge is -0.734. The molecule has 0 bridgehead atoms. The molecule has 0 radical (unpaired) electrons. The summed E-state index contributed by atoms with van der Waals surface area (Å²) in [7, 11) is 0. The molecule has 0 saturated heterocycles. The molecule has 1 unspecified atom stereocenters. The quantitative estimate of drug-likeness (QED) is 0.396. The number of hydrogen-bond acceptors (Lipinski definition) is 2. The molecule has 0 N–H and O–H groups in total. The monoisotopic (exact) mass is 102 g/mol. The van der Waals surface area contributed by atoms with Gasteiger partial charge in [0.1, 0.15) is 0 Å². The van der Waals surface area contributed by atoms with Crippen molar-refractivity contribution in [3.05, 3.63) is 0 Å². The molecule has 0 heterocycles. The van der Waals surface area contributed by atoms with Gasteiger partial charge in [-0.1, -0.05) is 0 Å². The predicted molar refractivity (Wildman–Crippen MR) is 21.8 cm³/mol. The van der Waals surface area contributed by atoms with E-state index in [4.69, 9.17) is 4.21 Å². The normalized spacial score (nSPS) is 1.00. The summed E-state index contributed by atoms with van der Waals surface area (Å²) in [5, 5.41) is 0. The fourth-order valence-corrected chi connectivity index (χ4v) is 0. The van der Waals surface area contributed by atoms with Crippen molar-refractivity contribution >= 4 is 22.4 Å². The highest BCUT2D eigenvalue weighted by molar-refractivity contribution is 7.44. The Balaban J connectivity index is -0.00000000500. The van der Waals surface area contributed by atoms with E-state index in [0.29, 0.717) is 0 Å². The lowest BCUT2D eigenvalue weighted by molar-refractivity contribution is 0.702. The smallest absolute Gasteiger partial charge is 0.197 e. The van der Waals surface area contributed by atoms with E-state index >= 15 is 0 Å². The van der Waals surface area contributed by atoms with Gasteiger partial charge in [0, 0.05) is 0 Å². The van der Waals surface area contributed by atoms with Crippen LogP contribution in [0.3, 0.4) is 0 Å². The number of hydrogen-bond donors (Lipinski definition) is 0. The van der Waals surface area contributed by atoms with Crippen LogP contribution in [0.5, 0.6) is 0 Å². The summed E-state index contributed by atoms with van der Waals surface area (Å²) < 4.78 is 7.83. The van der Waals surface area contributed by atoms with Crippen molar-refractivity contribution in [2.24, 2.45) is 0 Å². The van der Waals surface area contributed by atoms with Crippen molar-refractivity contribution in [1.29, 1.82) is 0 Å². The van der Waals surface area contributed by atoms with E-state index in [0.717, 1.165) is 0 Å². The third-order valence-corrected chi connectivity index (χ3v) is 0. The topological polar surface area (TPSA) is 17.1 Å². The van der Waals surface area contributed by atoms with E-state index < -0.39 is 0 Å². The first-order valence-corrected chi connectivity index (χ1v) is 0.500. The Morgan fingerprint density at radius 1 is 1.25 bits per heavy atom. The van der Waals surface area contributed by atoms with E-state index in [1.807, 2.05) is 0 Å². The molecule has 0 rings (SSSR count). The van der Waals surface area contributed by atoms with Gasteiger partial charge in [0.15, 0.2) is 12.5 Å². The van der Waals surface area contributed by atoms with E-state index in [-0.39, 0.29) is 14.6 Å². The second-order valence-corrected chi connectivity index (χ2v) is 0. The zero-order valence-corrected chi connectivity index (χ0v) is 4.16. The molecule has 0 aliphatic carbocycles. The first-order valence-electron chi connectivity index (χ1n) is 0.167. The van der Waals surface area contributed by atoms with E-state index in [2.05, 4.69) is 12.5 Å². The maximum absolute atomic E-state index is 7.83.